The topological polar surface area (TPSA) is 78.5 Å². The average molecular weight is 240 g/mol. The Labute approximate surface area is 92.3 Å². The lowest BCUT2D eigenvalue weighted by Gasteiger charge is -2.03. The molecule has 16 heavy (non-hydrogen) atoms. The maximum Gasteiger partial charge on any atom is 0.304 e. The van der Waals surface area contributed by atoms with Crippen LogP contribution in [0.3, 0.4) is 0 Å². The molecular formula is C10H10NO4S+. The van der Waals surface area contributed by atoms with E-state index in [0.717, 1.165) is 0 Å². The van der Waals surface area contributed by atoms with E-state index in [1.807, 2.05) is 0 Å². The Morgan fingerprint density at radius 2 is 1.88 bits per heavy atom. The fourth-order valence-corrected chi connectivity index (χ4v) is 2.26. The lowest BCUT2D eigenvalue weighted by Crippen LogP contribution is -2.29. The van der Waals surface area contributed by atoms with Gasteiger partial charge in [-0.3, -0.25) is 4.55 Å². The van der Waals surface area contributed by atoms with Crippen LogP contribution in [0.2, 0.25) is 0 Å². The van der Waals surface area contributed by atoms with Crippen LogP contribution < -0.4 is 4.57 Å². The predicted octanol–water partition coefficient (Wildman–Crippen LogP) is 0.617. The van der Waals surface area contributed by atoms with Gasteiger partial charge in [0.2, 0.25) is 5.52 Å². The summed E-state index contributed by atoms with van der Waals surface area (Å²) in [7, 11) is -2.78. The molecule has 0 amide bonds. The summed E-state index contributed by atoms with van der Waals surface area (Å²) in [6.45, 7) is 0. The molecule has 0 bridgehead atoms. The van der Waals surface area contributed by atoms with Crippen molar-refractivity contribution < 1.29 is 22.6 Å². The third kappa shape index (κ3) is 1.62. The maximum absolute atomic E-state index is 11.0. The number of hydrogen-bond donors (Lipinski definition) is 2. The van der Waals surface area contributed by atoms with E-state index in [4.69, 9.17) is 4.55 Å². The van der Waals surface area contributed by atoms with Crippen molar-refractivity contribution in [3.63, 3.8) is 0 Å². The highest BCUT2D eigenvalue weighted by molar-refractivity contribution is 7.86. The van der Waals surface area contributed by atoms with E-state index >= 15 is 0 Å². The summed E-state index contributed by atoms with van der Waals surface area (Å²) in [4.78, 5) is -0.492. The fraction of sp³-hybridized carbons (Fsp3) is 0.100. The normalized spacial score (nSPS) is 11.9. The molecular weight excluding hydrogens is 230 g/mol. The molecule has 2 rings (SSSR count). The summed E-state index contributed by atoms with van der Waals surface area (Å²) < 4.78 is 32.5. The number of pyridine rings is 1. The van der Waals surface area contributed by atoms with Crippen LogP contribution in [-0.2, 0) is 17.2 Å². The zero-order valence-corrected chi connectivity index (χ0v) is 9.27. The SMILES string of the molecule is C[n+]1cc(S(=O)(=O)O)c(O)c2ccccc21. The minimum absolute atomic E-state index is 0.375. The van der Waals surface area contributed by atoms with Crippen molar-refractivity contribution in [1.29, 1.82) is 0 Å². The van der Waals surface area contributed by atoms with Gasteiger partial charge in [-0.2, -0.15) is 13.0 Å². The van der Waals surface area contributed by atoms with Crippen LogP contribution in [0.1, 0.15) is 0 Å². The second kappa shape index (κ2) is 3.43. The van der Waals surface area contributed by atoms with E-state index in [9.17, 15) is 13.5 Å². The number of rotatable bonds is 1. The lowest BCUT2D eigenvalue weighted by atomic mass is 10.2. The first-order valence-electron chi connectivity index (χ1n) is 4.49. The summed E-state index contributed by atoms with van der Waals surface area (Å²) in [6.07, 6.45) is 1.17. The van der Waals surface area contributed by atoms with E-state index in [1.54, 1.807) is 31.3 Å². The fourth-order valence-electron chi connectivity index (χ4n) is 1.61. The van der Waals surface area contributed by atoms with Crippen molar-refractivity contribution in [2.45, 2.75) is 4.90 Å². The van der Waals surface area contributed by atoms with Gasteiger partial charge >= 0.3 is 10.1 Å². The lowest BCUT2D eigenvalue weighted by molar-refractivity contribution is -0.646. The molecule has 0 saturated carbocycles. The number of hydrogen-bond acceptors (Lipinski definition) is 3. The number of para-hydroxylation sites is 1. The number of aryl methyl sites for hydroxylation is 1. The Hall–Kier alpha value is -1.66. The summed E-state index contributed by atoms with van der Waals surface area (Å²) in [5.41, 5.74) is 0.674. The monoisotopic (exact) mass is 240 g/mol. The summed E-state index contributed by atoms with van der Waals surface area (Å²) in [5, 5.41) is 10.1. The minimum atomic E-state index is -4.42. The van der Waals surface area contributed by atoms with E-state index in [1.165, 1.54) is 10.8 Å². The second-order valence-corrected chi connectivity index (χ2v) is 4.84. The predicted molar refractivity (Wildman–Crippen MR) is 56.6 cm³/mol. The van der Waals surface area contributed by atoms with E-state index in [-0.39, 0.29) is 0 Å². The Balaban J connectivity index is 2.97. The molecule has 0 aliphatic rings. The number of benzene rings is 1. The van der Waals surface area contributed by atoms with Gasteiger partial charge in [-0.25, -0.2) is 0 Å². The van der Waals surface area contributed by atoms with Gasteiger partial charge < -0.3 is 5.11 Å². The molecule has 0 fully saturated rings. The average Bonchev–Trinajstić information content (AvgIpc) is 2.22. The Morgan fingerprint density at radius 1 is 1.25 bits per heavy atom. The Bertz CT molecular complexity index is 664. The highest BCUT2D eigenvalue weighted by Crippen LogP contribution is 2.28. The Morgan fingerprint density at radius 3 is 2.50 bits per heavy atom. The van der Waals surface area contributed by atoms with Crippen LogP contribution in [0.15, 0.2) is 35.4 Å². The molecule has 0 atom stereocenters. The summed E-state index contributed by atoms with van der Waals surface area (Å²) >= 11 is 0. The van der Waals surface area contributed by atoms with Gasteiger partial charge in [-0.05, 0) is 6.07 Å². The molecule has 84 valence electrons. The summed E-state index contributed by atoms with van der Waals surface area (Å²) in [6, 6.07) is 6.77. The molecule has 0 radical (unpaired) electrons. The molecule has 0 aliphatic heterocycles. The van der Waals surface area contributed by atoms with Crippen LogP contribution in [0.5, 0.6) is 5.75 Å². The smallest absolute Gasteiger partial charge is 0.304 e. The van der Waals surface area contributed by atoms with Gasteiger partial charge in [-0.15, -0.1) is 0 Å². The maximum atomic E-state index is 11.0. The van der Waals surface area contributed by atoms with Crippen LogP contribution >= 0.6 is 0 Å². The Kier molecular flexibility index (Phi) is 2.32. The first kappa shape index (κ1) is 10.8. The van der Waals surface area contributed by atoms with Crippen molar-refractivity contribution in [1.82, 2.24) is 0 Å². The van der Waals surface area contributed by atoms with E-state index in [2.05, 4.69) is 0 Å². The number of aromatic nitrogens is 1. The molecule has 2 N–H and O–H groups in total. The van der Waals surface area contributed by atoms with E-state index in [0.29, 0.717) is 10.9 Å². The third-order valence-corrected chi connectivity index (χ3v) is 3.22. The second-order valence-electron chi connectivity index (χ2n) is 3.45. The summed E-state index contributed by atoms with van der Waals surface area (Å²) in [5.74, 6) is -0.434. The van der Waals surface area contributed by atoms with Crippen LogP contribution in [0.25, 0.3) is 10.9 Å². The first-order chi connectivity index (χ1) is 7.41. The van der Waals surface area contributed by atoms with Gasteiger partial charge in [0.1, 0.15) is 7.05 Å². The molecule has 1 aromatic carbocycles. The molecule has 2 aromatic rings. The standard InChI is InChI=1S/C10H9NO4S/c1-11-6-9(16(13,14)15)10(12)7-4-2-3-5-8(7)11/h2-6H,1H3,(H,13,14,15)/p+1. The first-order valence-corrected chi connectivity index (χ1v) is 5.93. The molecule has 0 aliphatic carbocycles. The van der Waals surface area contributed by atoms with Gasteiger partial charge in [0.15, 0.2) is 16.8 Å². The van der Waals surface area contributed by atoms with Crippen molar-refractivity contribution in [3.05, 3.63) is 30.5 Å². The third-order valence-electron chi connectivity index (χ3n) is 2.36. The van der Waals surface area contributed by atoms with Gasteiger partial charge in [-0.1, -0.05) is 12.1 Å². The zero-order chi connectivity index (χ0) is 11.9. The largest absolute Gasteiger partial charge is 0.505 e. The van der Waals surface area contributed by atoms with Gasteiger partial charge in [0.05, 0.1) is 5.39 Å². The highest BCUT2D eigenvalue weighted by Gasteiger charge is 2.23. The number of aromatic hydroxyl groups is 1. The highest BCUT2D eigenvalue weighted by atomic mass is 32.2. The minimum Gasteiger partial charge on any atom is -0.505 e. The molecule has 1 aromatic heterocycles. The molecule has 5 nitrogen and oxygen atoms in total. The van der Waals surface area contributed by atoms with Crippen molar-refractivity contribution in [3.8, 4) is 5.75 Å². The van der Waals surface area contributed by atoms with Gasteiger partial charge in [0.25, 0.3) is 0 Å². The van der Waals surface area contributed by atoms with Crippen LogP contribution in [0, 0.1) is 0 Å². The molecule has 0 saturated heterocycles. The van der Waals surface area contributed by atoms with Gasteiger partial charge in [0, 0.05) is 6.07 Å². The van der Waals surface area contributed by atoms with E-state index < -0.39 is 20.8 Å². The van der Waals surface area contributed by atoms with Crippen molar-refractivity contribution in [2.75, 3.05) is 0 Å². The van der Waals surface area contributed by atoms with Crippen LogP contribution in [0.4, 0.5) is 0 Å². The molecule has 6 heteroatoms. The zero-order valence-electron chi connectivity index (χ0n) is 8.45. The number of nitrogens with zero attached hydrogens (tertiary/aromatic N) is 1. The van der Waals surface area contributed by atoms with Crippen molar-refractivity contribution >= 4 is 21.0 Å². The molecule has 0 unspecified atom stereocenters. The van der Waals surface area contributed by atoms with Crippen molar-refractivity contribution in [2.24, 2.45) is 7.05 Å². The molecule has 1 heterocycles. The molecule has 0 spiro atoms. The van der Waals surface area contributed by atoms with Crippen LogP contribution in [-0.4, -0.2) is 18.1 Å². The quantitative estimate of drug-likeness (QED) is 0.565. The number of fused-ring (bicyclic) bond motifs is 1.